The molecule has 0 aliphatic rings. The van der Waals surface area contributed by atoms with Crippen LogP contribution in [0.4, 0.5) is 10.8 Å². The Morgan fingerprint density at radius 3 is 2.41 bits per heavy atom. The van der Waals surface area contributed by atoms with Crippen LogP contribution in [0, 0.1) is 0 Å². The van der Waals surface area contributed by atoms with E-state index in [1.807, 2.05) is 30.3 Å². The highest BCUT2D eigenvalue weighted by Crippen LogP contribution is 2.27. The Kier molecular flexibility index (Phi) is 4.06. The molecule has 0 atom stereocenters. The largest absolute Gasteiger partial charge is 0.497 e. The molecule has 3 aromatic rings. The van der Waals surface area contributed by atoms with Crippen LogP contribution in [-0.2, 0) is 0 Å². The Hall–Kier alpha value is -2.80. The summed E-state index contributed by atoms with van der Waals surface area (Å²) in [7, 11) is 1.58. The maximum Gasteiger partial charge on any atom is 0.264 e. The summed E-state index contributed by atoms with van der Waals surface area (Å²) in [6, 6.07) is 16.2. The van der Waals surface area contributed by atoms with E-state index < -0.39 is 0 Å². The van der Waals surface area contributed by atoms with E-state index in [9.17, 15) is 4.79 Å². The highest BCUT2D eigenvalue weighted by atomic mass is 32.1. The van der Waals surface area contributed by atoms with Crippen molar-refractivity contribution < 1.29 is 9.53 Å². The van der Waals surface area contributed by atoms with Gasteiger partial charge in [0.25, 0.3) is 5.91 Å². The van der Waals surface area contributed by atoms with E-state index >= 15 is 0 Å². The molecule has 2 aromatic carbocycles. The molecular weight excluding hydrogens is 300 g/mol. The zero-order valence-corrected chi connectivity index (χ0v) is 12.5. The Balaban J connectivity index is 2.00. The average Bonchev–Trinajstić information content (AvgIpc) is 3.10. The van der Waals surface area contributed by atoms with Gasteiger partial charge in [0.2, 0.25) is 5.13 Å². The molecule has 0 unspecified atom stereocenters. The first kappa shape index (κ1) is 14.2. The lowest BCUT2D eigenvalue weighted by Crippen LogP contribution is -2.25. The van der Waals surface area contributed by atoms with E-state index in [4.69, 9.17) is 4.74 Å². The topological polar surface area (TPSA) is 68.2 Å². The average molecular weight is 312 g/mol. The molecular formula is C15H12N4O2S. The van der Waals surface area contributed by atoms with Crippen molar-refractivity contribution in [1.82, 2.24) is 14.8 Å². The number of amides is 1. The highest BCUT2D eigenvalue weighted by molar-refractivity contribution is 7.09. The molecule has 0 N–H and O–H groups in total. The van der Waals surface area contributed by atoms with E-state index in [2.05, 4.69) is 14.8 Å². The number of anilines is 2. The van der Waals surface area contributed by atoms with Gasteiger partial charge in [0, 0.05) is 17.1 Å². The van der Waals surface area contributed by atoms with E-state index in [-0.39, 0.29) is 5.91 Å². The molecule has 0 aliphatic heterocycles. The zero-order chi connectivity index (χ0) is 15.4. The second kappa shape index (κ2) is 6.31. The molecule has 6 nitrogen and oxygen atoms in total. The normalized spacial score (nSPS) is 10.2. The maximum absolute atomic E-state index is 12.8. The lowest BCUT2D eigenvalue weighted by molar-refractivity contribution is 0.0999. The van der Waals surface area contributed by atoms with E-state index in [1.165, 1.54) is 4.90 Å². The number of hydrogen-bond donors (Lipinski definition) is 0. The number of hydrogen-bond acceptors (Lipinski definition) is 6. The number of aromatic nitrogens is 3. The van der Waals surface area contributed by atoms with Crippen molar-refractivity contribution >= 4 is 28.3 Å². The summed E-state index contributed by atoms with van der Waals surface area (Å²) in [4.78, 5) is 14.3. The molecule has 0 fully saturated rings. The fourth-order valence-corrected chi connectivity index (χ4v) is 2.46. The minimum Gasteiger partial charge on any atom is -0.497 e. The highest BCUT2D eigenvalue weighted by Gasteiger charge is 2.22. The number of rotatable bonds is 4. The Morgan fingerprint density at radius 2 is 1.82 bits per heavy atom. The maximum atomic E-state index is 12.8. The Bertz CT molecular complexity index is 745. The number of ether oxygens (including phenoxy) is 1. The van der Waals surface area contributed by atoms with Crippen LogP contribution in [0.5, 0.6) is 5.75 Å². The third-order valence-electron chi connectivity index (χ3n) is 3.03. The summed E-state index contributed by atoms with van der Waals surface area (Å²) in [5, 5.41) is 7.91. The summed E-state index contributed by atoms with van der Waals surface area (Å²) >= 11 is 1.06. The number of carbonyl (C=O) groups is 1. The molecule has 7 heteroatoms. The van der Waals surface area contributed by atoms with Crippen molar-refractivity contribution in [3.63, 3.8) is 0 Å². The molecule has 1 amide bonds. The summed E-state index contributed by atoms with van der Waals surface area (Å²) < 4.78 is 8.85. The first-order chi connectivity index (χ1) is 10.8. The van der Waals surface area contributed by atoms with Gasteiger partial charge in [0.05, 0.1) is 12.8 Å². The van der Waals surface area contributed by atoms with Crippen LogP contribution in [0.3, 0.4) is 0 Å². The van der Waals surface area contributed by atoms with Crippen molar-refractivity contribution in [2.75, 3.05) is 12.0 Å². The van der Waals surface area contributed by atoms with E-state index in [1.54, 1.807) is 31.4 Å². The van der Waals surface area contributed by atoms with Crippen molar-refractivity contribution in [3.05, 3.63) is 60.2 Å². The summed E-state index contributed by atoms with van der Waals surface area (Å²) in [6.45, 7) is 0. The fourth-order valence-electron chi connectivity index (χ4n) is 1.97. The number of para-hydroxylation sites is 1. The number of benzene rings is 2. The summed E-state index contributed by atoms with van der Waals surface area (Å²) in [6.07, 6.45) is 0. The number of carbonyl (C=O) groups excluding carboxylic acids is 1. The lowest BCUT2D eigenvalue weighted by atomic mass is 10.2. The molecule has 22 heavy (non-hydrogen) atoms. The molecule has 1 heterocycles. The van der Waals surface area contributed by atoms with Crippen LogP contribution in [0.2, 0.25) is 0 Å². The van der Waals surface area contributed by atoms with Gasteiger partial charge in [0.1, 0.15) is 5.75 Å². The monoisotopic (exact) mass is 312 g/mol. The van der Waals surface area contributed by atoms with Crippen molar-refractivity contribution in [2.45, 2.75) is 0 Å². The van der Waals surface area contributed by atoms with Crippen LogP contribution in [0.15, 0.2) is 54.6 Å². The summed E-state index contributed by atoms with van der Waals surface area (Å²) in [5.41, 5.74) is 1.24. The molecule has 1 aromatic heterocycles. The molecule has 0 radical (unpaired) electrons. The Morgan fingerprint density at radius 1 is 1.09 bits per heavy atom. The van der Waals surface area contributed by atoms with Crippen LogP contribution in [0.25, 0.3) is 0 Å². The predicted molar refractivity (Wildman–Crippen MR) is 83.6 cm³/mol. The Labute approximate surface area is 131 Å². The van der Waals surface area contributed by atoms with Crippen LogP contribution < -0.4 is 9.64 Å². The van der Waals surface area contributed by atoms with Crippen LogP contribution in [-0.4, -0.2) is 27.8 Å². The quantitative estimate of drug-likeness (QED) is 0.741. The van der Waals surface area contributed by atoms with Gasteiger partial charge in [-0.15, -0.1) is 0 Å². The van der Waals surface area contributed by atoms with Crippen LogP contribution in [0.1, 0.15) is 10.4 Å². The minimum atomic E-state index is -0.201. The van der Waals surface area contributed by atoms with Gasteiger partial charge >= 0.3 is 0 Å². The molecule has 110 valence electrons. The van der Waals surface area contributed by atoms with Gasteiger partial charge < -0.3 is 4.74 Å². The zero-order valence-electron chi connectivity index (χ0n) is 11.7. The lowest BCUT2D eigenvalue weighted by Gasteiger charge is -2.19. The molecule has 3 rings (SSSR count). The molecule has 0 spiro atoms. The fraction of sp³-hybridized carbons (Fsp3) is 0.0667. The van der Waals surface area contributed by atoms with Gasteiger partial charge in [-0.3, -0.25) is 4.79 Å². The summed E-state index contributed by atoms with van der Waals surface area (Å²) in [5.74, 6) is 0.493. The number of nitrogens with zero attached hydrogens (tertiary/aromatic N) is 4. The van der Waals surface area contributed by atoms with Crippen molar-refractivity contribution in [2.24, 2.45) is 0 Å². The second-order valence-corrected chi connectivity index (χ2v) is 5.06. The van der Waals surface area contributed by atoms with Gasteiger partial charge in [-0.05, 0) is 41.6 Å². The first-order valence-corrected chi connectivity index (χ1v) is 7.25. The molecule has 0 saturated heterocycles. The second-order valence-electron chi connectivity index (χ2n) is 4.35. The van der Waals surface area contributed by atoms with E-state index in [0.29, 0.717) is 22.1 Å². The smallest absolute Gasteiger partial charge is 0.264 e. The van der Waals surface area contributed by atoms with Gasteiger partial charge in [0.15, 0.2) is 0 Å². The minimum absolute atomic E-state index is 0.201. The van der Waals surface area contributed by atoms with Gasteiger partial charge in [-0.25, -0.2) is 4.90 Å². The predicted octanol–water partition coefficient (Wildman–Crippen LogP) is 2.92. The van der Waals surface area contributed by atoms with Crippen LogP contribution >= 0.6 is 11.5 Å². The third-order valence-corrected chi connectivity index (χ3v) is 3.62. The standard InChI is InChI=1S/C15H12N4O2S/c1-21-13-9-7-11(8-10-13)14(20)19(15-16-17-18-22-15)12-5-3-2-4-6-12/h2-10H,1H3. The van der Waals surface area contributed by atoms with E-state index in [0.717, 1.165) is 11.5 Å². The molecule has 0 saturated carbocycles. The first-order valence-electron chi connectivity index (χ1n) is 6.48. The third kappa shape index (κ3) is 2.79. The number of methoxy groups -OCH3 is 1. The van der Waals surface area contributed by atoms with Crippen molar-refractivity contribution in [3.8, 4) is 5.75 Å². The van der Waals surface area contributed by atoms with Crippen molar-refractivity contribution in [1.29, 1.82) is 0 Å². The molecule has 0 aliphatic carbocycles. The van der Waals surface area contributed by atoms with Gasteiger partial charge in [-0.1, -0.05) is 27.8 Å². The SMILES string of the molecule is COc1ccc(C(=O)N(c2ccccc2)c2nnns2)cc1. The molecule has 0 bridgehead atoms. The van der Waals surface area contributed by atoms with Gasteiger partial charge in [-0.2, -0.15) is 0 Å².